The Kier molecular flexibility index (Phi) is 8.42. The fraction of sp³-hybridized carbons (Fsp3) is 0.400. The van der Waals surface area contributed by atoms with E-state index in [1.807, 2.05) is 42.1 Å². The minimum absolute atomic E-state index is 0.0399. The van der Waals surface area contributed by atoms with Gasteiger partial charge in [0.05, 0.1) is 28.5 Å². The van der Waals surface area contributed by atoms with Gasteiger partial charge in [-0.3, -0.25) is 9.78 Å². The predicted octanol–water partition coefficient (Wildman–Crippen LogP) is 5.08. The van der Waals surface area contributed by atoms with Gasteiger partial charge in [0.1, 0.15) is 5.75 Å². The Morgan fingerprint density at radius 3 is 2.97 bits per heavy atom. The molecule has 1 fully saturated rings. The van der Waals surface area contributed by atoms with Crippen LogP contribution in [-0.4, -0.2) is 64.4 Å². The van der Waals surface area contributed by atoms with Crippen molar-refractivity contribution in [3.8, 4) is 5.75 Å². The Morgan fingerprint density at radius 2 is 2.24 bits per heavy atom. The molecule has 4 rings (SSSR count). The molecule has 0 amide bonds. The van der Waals surface area contributed by atoms with Gasteiger partial charge in [-0.05, 0) is 67.4 Å². The molecule has 1 saturated heterocycles. The quantitative estimate of drug-likeness (QED) is 0.174. The van der Waals surface area contributed by atoms with Gasteiger partial charge in [-0.15, -0.1) is 23.1 Å². The molecule has 1 aliphatic rings. The van der Waals surface area contributed by atoms with E-state index in [-0.39, 0.29) is 5.92 Å². The Bertz CT molecular complexity index is 1140. The molecule has 0 saturated carbocycles. The number of likely N-dealkylation sites (tertiary alicyclic amines) is 1. The number of hydrogen-bond donors (Lipinski definition) is 2. The molecular weight excluding hydrogens is 470 g/mol. The monoisotopic (exact) mass is 499 g/mol. The fourth-order valence-electron chi connectivity index (χ4n) is 4.58. The van der Waals surface area contributed by atoms with Crippen LogP contribution < -0.4 is 4.74 Å². The van der Waals surface area contributed by atoms with Crippen molar-refractivity contribution in [3.63, 3.8) is 0 Å². The summed E-state index contributed by atoms with van der Waals surface area (Å²) in [5.74, 6) is 0.529. The first-order valence-corrected chi connectivity index (χ1v) is 13.2. The van der Waals surface area contributed by atoms with Crippen LogP contribution in [0.3, 0.4) is 0 Å². The second-order valence-corrected chi connectivity index (χ2v) is 10.7. The van der Waals surface area contributed by atoms with E-state index in [1.54, 1.807) is 24.6 Å². The molecule has 0 aliphatic carbocycles. The first-order valence-electron chi connectivity index (χ1n) is 11.3. The van der Waals surface area contributed by atoms with Gasteiger partial charge >= 0.3 is 5.97 Å². The Labute approximate surface area is 207 Å². The van der Waals surface area contributed by atoms with E-state index in [2.05, 4.69) is 26.5 Å². The van der Waals surface area contributed by atoms with Gasteiger partial charge in [-0.25, -0.2) is 0 Å². The average Bonchev–Trinajstić information content (AvgIpc) is 3.38. The lowest BCUT2D eigenvalue weighted by molar-refractivity contribution is -0.146. The van der Waals surface area contributed by atoms with Crippen molar-refractivity contribution in [2.45, 2.75) is 23.5 Å². The van der Waals surface area contributed by atoms with Crippen molar-refractivity contribution in [1.29, 1.82) is 0 Å². The number of ether oxygens (including phenoxy) is 1. The number of pyridine rings is 1. The van der Waals surface area contributed by atoms with E-state index in [1.165, 1.54) is 4.21 Å². The standard InChI is InChI=1S/C25H29N3O4S2/c1-32-18-5-7-22-20(15-18)19(8-10-26-22)23(27-31)6-4-17-9-11-28(16-21(17)25(29)30)12-14-34-24-3-2-13-33-24/h2-3,5,7-8,10,13,15,17,21,31H,4,6,9,11-12,14,16H2,1H3,(H,29,30)/t17-,21+/m1/s1. The number of carboxylic acid groups (broad SMARTS) is 1. The second kappa shape index (κ2) is 11.7. The Balaban J connectivity index is 1.39. The summed E-state index contributed by atoms with van der Waals surface area (Å²) >= 11 is 3.56. The molecule has 1 aromatic carbocycles. The number of thioether (sulfide) groups is 1. The number of fused-ring (bicyclic) bond motifs is 1. The highest BCUT2D eigenvalue weighted by Crippen LogP contribution is 2.31. The lowest BCUT2D eigenvalue weighted by Gasteiger charge is -2.36. The summed E-state index contributed by atoms with van der Waals surface area (Å²) in [4.78, 5) is 18.7. The maximum atomic E-state index is 12.1. The number of rotatable bonds is 10. The van der Waals surface area contributed by atoms with Crippen molar-refractivity contribution in [2.24, 2.45) is 17.0 Å². The molecule has 0 bridgehead atoms. The van der Waals surface area contributed by atoms with Crippen LogP contribution in [0.25, 0.3) is 10.9 Å². The summed E-state index contributed by atoms with van der Waals surface area (Å²) < 4.78 is 6.64. The van der Waals surface area contributed by atoms with Crippen LogP contribution in [0.2, 0.25) is 0 Å². The number of nitrogens with zero attached hydrogens (tertiary/aromatic N) is 3. The molecule has 3 heterocycles. The summed E-state index contributed by atoms with van der Waals surface area (Å²) in [6, 6.07) is 11.6. The summed E-state index contributed by atoms with van der Waals surface area (Å²) in [6.45, 7) is 2.33. The number of hydrogen-bond acceptors (Lipinski definition) is 8. The van der Waals surface area contributed by atoms with Crippen molar-refractivity contribution in [1.82, 2.24) is 9.88 Å². The molecule has 1 aliphatic heterocycles. The van der Waals surface area contributed by atoms with Gasteiger partial charge in [0.2, 0.25) is 0 Å². The zero-order valence-corrected chi connectivity index (χ0v) is 20.7. The normalized spacial score (nSPS) is 19.4. The van der Waals surface area contributed by atoms with E-state index in [9.17, 15) is 15.1 Å². The van der Waals surface area contributed by atoms with E-state index < -0.39 is 11.9 Å². The van der Waals surface area contributed by atoms with E-state index >= 15 is 0 Å². The van der Waals surface area contributed by atoms with E-state index in [0.29, 0.717) is 30.8 Å². The van der Waals surface area contributed by atoms with Crippen LogP contribution in [0.1, 0.15) is 24.8 Å². The van der Waals surface area contributed by atoms with Crippen LogP contribution in [0.5, 0.6) is 5.75 Å². The lowest BCUT2D eigenvalue weighted by Crippen LogP contribution is -2.44. The number of benzene rings is 1. The van der Waals surface area contributed by atoms with Gasteiger partial charge in [0.15, 0.2) is 0 Å². The lowest BCUT2D eigenvalue weighted by atomic mass is 9.81. The van der Waals surface area contributed by atoms with Crippen LogP contribution >= 0.6 is 23.1 Å². The Morgan fingerprint density at radius 1 is 1.35 bits per heavy atom. The van der Waals surface area contributed by atoms with Crippen molar-refractivity contribution >= 4 is 45.7 Å². The Hall–Kier alpha value is -2.62. The maximum Gasteiger partial charge on any atom is 0.308 e. The van der Waals surface area contributed by atoms with Gasteiger partial charge in [0, 0.05) is 36.0 Å². The van der Waals surface area contributed by atoms with Gasteiger partial charge in [-0.2, -0.15) is 0 Å². The average molecular weight is 500 g/mol. The maximum absolute atomic E-state index is 12.1. The highest BCUT2D eigenvalue weighted by Gasteiger charge is 2.34. The van der Waals surface area contributed by atoms with Gasteiger partial charge in [0.25, 0.3) is 0 Å². The first kappa shape index (κ1) is 24.5. The third kappa shape index (κ3) is 5.89. The smallest absolute Gasteiger partial charge is 0.308 e. The predicted molar refractivity (Wildman–Crippen MR) is 137 cm³/mol. The molecule has 7 nitrogen and oxygen atoms in total. The number of thiophene rings is 1. The molecule has 34 heavy (non-hydrogen) atoms. The SMILES string of the molecule is COc1ccc2nccc(C(CC[C@@H]3CCN(CCSc4cccs4)C[C@@H]3C(=O)O)=NO)c2c1. The number of aromatic nitrogens is 1. The van der Waals surface area contributed by atoms with Gasteiger partial charge in [-0.1, -0.05) is 11.2 Å². The fourth-order valence-corrected chi connectivity index (χ4v) is 6.44. The highest BCUT2D eigenvalue weighted by molar-refractivity contribution is 8.01. The third-order valence-electron chi connectivity index (χ3n) is 6.44. The topological polar surface area (TPSA) is 95.2 Å². The number of methoxy groups -OCH3 is 1. The molecular formula is C25H29N3O4S2. The molecule has 0 unspecified atom stereocenters. The van der Waals surface area contributed by atoms with Crippen molar-refractivity contribution in [3.05, 3.63) is 53.5 Å². The summed E-state index contributed by atoms with van der Waals surface area (Å²) in [6.07, 6.45) is 3.67. The molecule has 2 N–H and O–H groups in total. The number of aliphatic carboxylic acids is 1. The van der Waals surface area contributed by atoms with Crippen LogP contribution in [0, 0.1) is 11.8 Å². The second-order valence-electron chi connectivity index (χ2n) is 8.40. The highest BCUT2D eigenvalue weighted by atomic mass is 32.2. The van der Waals surface area contributed by atoms with Gasteiger partial charge < -0.3 is 20.0 Å². The molecule has 0 spiro atoms. The summed E-state index contributed by atoms with van der Waals surface area (Å²) in [5, 5.41) is 26.2. The number of carboxylic acids is 1. The number of piperidine rings is 1. The molecule has 2 atom stereocenters. The summed E-state index contributed by atoms with van der Waals surface area (Å²) in [5.41, 5.74) is 2.12. The molecule has 2 aromatic heterocycles. The zero-order chi connectivity index (χ0) is 23.9. The third-order valence-corrected chi connectivity index (χ3v) is 8.55. The minimum atomic E-state index is -0.748. The zero-order valence-electron chi connectivity index (χ0n) is 19.1. The van der Waals surface area contributed by atoms with Crippen LogP contribution in [0.15, 0.2) is 57.3 Å². The van der Waals surface area contributed by atoms with Crippen molar-refractivity contribution < 1.29 is 19.8 Å². The van der Waals surface area contributed by atoms with E-state index in [0.717, 1.165) is 41.7 Å². The van der Waals surface area contributed by atoms with E-state index in [4.69, 9.17) is 4.74 Å². The molecule has 180 valence electrons. The van der Waals surface area contributed by atoms with Crippen LogP contribution in [-0.2, 0) is 4.79 Å². The summed E-state index contributed by atoms with van der Waals surface area (Å²) in [7, 11) is 1.61. The molecule has 3 aromatic rings. The number of oxime groups is 1. The first-order chi connectivity index (χ1) is 16.6. The van der Waals surface area contributed by atoms with Crippen LogP contribution in [0.4, 0.5) is 0 Å². The minimum Gasteiger partial charge on any atom is -0.497 e. The largest absolute Gasteiger partial charge is 0.497 e. The molecule has 0 radical (unpaired) electrons. The van der Waals surface area contributed by atoms with Crippen molar-refractivity contribution in [2.75, 3.05) is 32.5 Å². The number of carbonyl (C=O) groups is 1. The molecule has 9 heteroatoms.